The molecule has 1 fully saturated rings. The second kappa shape index (κ2) is 8.66. The minimum atomic E-state index is -0.369. The van der Waals surface area contributed by atoms with Gasteiger partial charge in [-0.05, 0) is 57.2 Å². The molecule has 2 heterocycles. The fraction of sp³-hybridized carbons (Fsp3) is 0.500. The van der Waals surface area contributed by atoms with Crippen LogP contribution in [0.1, 0.15) is 39.2 Å². The molecule has 0 aliphatic carbocycles. The van der Waals surface area contributed by atoms with Gasteiger partial charge in [-0.3, -0.25) is 4.79 Å². The van der Waals surface area contributed by atoms with Gasteiger partial charge in [0.2, 0.25) is 0 Å². The van der Waals surface area contributed by atoms with Gasteiger partial charge in [0.1, 0.15) is 6.10 Å². The molecule has 0 atom stereocenters. The lowest BCUT2D eigenvalue weighted by Gasteiger charge is -2.32. The lowest BCUT2D eigenvalue weighted by atomic mass is 10.1. The standard InChI is InChI=1S/C22H28N4O3/c1-22(2,3)24-21(28)29-18-8-10-25(11-9-18)12-13-26-19-14-16(15-23)4-5-17(19)6-7-20(26)27/h4-7,14,18H,8-13H2,1-3H3,(H,24,28). The normalized spacial score (nSPS) is 15.8. The molecule has 0 saturated carbocycles. The first-order valence-corrected chi connectivity index (χ1v) is 10.00. The van der Waals surface area contributed by atoms with Crippen LogP contribution in [0, 0.1) is 11.3 Å². The first-order valence-electron chi connectivity index (χ1n) is 10.00. The van der Waals surface area contributed by atoms with Crippen molar-refractivity contribution < 1.29 is 9.53 Å². The van der Waals surface area contributed by atoms with E-state index in [1.807, 2.05) is 26.8 Å². The third kappa shape index (κ3) is 5.58. The van der Waals surface area contributed by atoms with E-state index < -0.39 is 0 Å². The minimum absolute atomic E-state index is 0.0651. The summed E-state index contributed by atoms with van der Waals surface area (Å²) in [4.78, 5) is 26.6. The Hall–Kier alpha value is -2.85. The Kier molecular flexibility index (Phi) is 6.23. The van der Waals surface area contributed by atoms with E-state index in [0.29, 0.717) is 12.1 Å². The van der Waals surface area contributed by atoms with Crippen molar-refractivity contribution in [3.8, 4) is 6.07 Å². The van der Waals surface area contributed by atoms with Gasteiger partial charge in [0, 0.05) is 37.8 Å². The first kappa shape index (κ1) is 20.9. The van der Waals surface area contributed by atoms with Gasteiger partial charge in [0.15, 0.2) is 0 Å². The molecule has 1 aliphatic rings. The smallest absolute Gasteiger partial charge is 0.407 e. The lowest BCUT2D eigenvalue weighted by molar-refractivity contribution is 0.0464. The van der Waals surface area contributed by atoms with Gasteiger partial charge in [-0.15, -0.1) is 0 Å². The number of amides is 1. The molecule has 0 bridgehead atoms. The number of benzene rings is 1. The Labute approximate surface area is 170 Å². The third-order valence-electron chi connectivity index (χ3n) is 5.05. The number of nitrogens with one attached hydrogen (secondary N) is 1. The number of pyridine rings is 1. The summed E-state index contributed by atoms with van der Waals surface area (Å²) in [6.07, 6.45) is 1.11. The Bertz CT molecular complexity index is 976. The maximum absolute atomic E-state index is 12.4. The molecule has 1 saturated heterocycles. The fourth-order valence-electron chi connectivity index (χ4n) is 3.57. The van der Waals surface area contributed by atoms with Crippen LogP contribution in [0.4, 0.5) is 4.79 Å². The van der Waals surface area contributed by atoms with Crippen LogP contribution in [0.2, 0.25) is 0 Å². The van der Waals surface area contributed by atoms with Crippen LogP contribution in [-0.2, 0) is 11.3 Å². The number of alkyl carbamates (subject to hydrolysis) is 1. The molecule has 1 aliphatic heterocycles. The van der Waals surface area contributed by atoms with Gasteiger partial charge >= 0.3 is 6.09 Å². The summed E-state index contributed by atoms with van der Waals surface area (Å²) in [5.74, 6) is 0. The van der Waals surface area contributed by atoms with Crippen LogP contribution in [0.5, 0.6) is 0 Å². The summed E-state index contributed by atoms with van der Waals surface area (Å²) in [7, 11) is 0. The molecule has 3 rings (SSSR count). The van der Waals surface area contributed by atoms with Gasteiger partial charge in [-0.2, -0.15) is 5.26 Å². The van der Waals surface area contributed by atoms with E-state index in [1.165, 1.54) is 0 Å². The van der Waals surface area contributed by atoms with Crippen LogP contribution in [0.3, 0.4) is 0 Å². The molecule has 2 aromatic rings. The van der Waals surface area contributed by atoms with E-state index >= 15 is 0 Å². The van der Waals surface area contributed by atoms with Gasteiger partial charge in [0.05, 0.1) is 17.1 Å². The van der Waals surface area contributed by atoms with Crippen molar-refractivity contribution >= 4 is 17.0 Å². The highest BCUT2D eigenvalue weighted by molar-refractivity contribution is 5.80. The molecule has 1 N–H and O–H groups in total. The van der Waals surface area contributed by atoms with Crippen LogP contribution in [0.25, 0.3) is 10.9 Å². The largest absolute Gasteiger partial charge is 0.446 e. The number of hydrogen-bond acceptors (Lipinski definition) is 5. The molecule has 1 aromatic carbocycles. The minimum Gasteiger partial charge on any atom is -0.446 e. The van der Waals surface area contributed by atoms with Gasteiger partial charge in [-0.25, -0.2) is 4.79 Å². The topological polar surface area (TPSA) is 87.4 Å². The van der Waals surface area contributed by atoms with Crippen molar-refractivity contribution in [3.05, 3.63) is 46.2 Å². The summed E-state index contributed by atoms with van der Waals surface area (Å²) >= 11 is 0. The van der Waals surface area contributed by atoms with E-state index in [-0.39, 0.29) is 23.3 Å². The fourth-order valence-corrected chi connectivity index (χ4v) is 3.57. The predicted molar refractivity (Wildman–Crippen MR) is 112 cm³/mol. The van der Waals surface area contributed by atoms with Crippen molar-refractivity contribution in [3.63, 3.8) is 0 Å². The number of aromatic nitrogens is 1. The predicted octanol–water partition coefficient (Wildman–Crippen LogP) is 2.86. The number of carbonyl (C=O) groups excluding carboxylic acids is 1. The van der Waals surface area contributed by atoms with Gasteiger partial charge in [-0.1, -0.05) is 6.07 Å². The van der Waals surface area contributed by atoms with Crippen LogP contribution >= 0.6 is 0 Å². The zero-order valence-corrected chi connectivity index (χ0v) is 17.3. The molecule has 7 heteroatoms. The first-order chi connectivity index (χ1) is 13.7. The molecular weight excluding hydrogens is 368 g/mol. The number of piperidine rings is 1. The number of carbonyl (C=O) groups is 1. The van der Waals surface area contributed by atoms with Crippen molar-refractivity contribution in [2.75, 3.05) is 19.6 Å². The average molecular weight is 396 g/mol. The monoisotopic (exact) mass is 396 g/mol. The highest BCUT2D eigenvalue weighted by Crippen LogP contribution is 2.17. The maximum atomic E-state index is 12.4. The summed E-state index contributed by atoms with van der Waals surface area (Å²) < 4.78 is 7.25. The van der Waals surface area contributed by atoms with Crippen molar-refractivity contribution in [1.82, 2.24) is 14.8 Å². The zero-order valence-electron chi connectivity index (χ0n) is 17.3. The van der Waals surface area contributed by atoms with E-state index in [4.69, 9.17) is 10.00 Å². The quantitative estimate of drug-likeness (QED) is 0.859. The molecule has 1 amide bonds. The number of nitriles is 1. The Morgan fingerprint density at radius 1 is 1.21 bits per heavy atom. The van der Waals surface area contributed by atoms with E-state index in [0.717, 1.165) is 43.4 Å². The molecule has 0 spiro atoms. The molecule has 0 radical (unpaired) electrons. The second-order valence-electron chi connectivity index (χ2n) is 8.53. The maximum Gasteiger partial charge on any atom is 0.407 e. The molecule has 7 nitrogen and oxygen atoms in total. The summed E-state index contributed by atoms with van der Waals surface area (Å²) in [6.45, 7) is 8.69. The Morgan fingerprint density at radius 2 is 1.90 bits per heavy atom. The lowest BCUT2D eigenvalue weighted by Crippen LogP contribution is -2.45. The zero-order chi connectivity index (χ0) is 21.0. The molecule has 29 heavy (non-hydrogen) atoms. The van der Waals surface area contributed by atoms with Gasteiger partial charge < -0.3 is 19.5 Å². The van der Waals surface area contributed by atoms with Crippen molar-refractivity contribution in [2.45, 2.75) is 51.8 Å². The number of rotatable bonds is 4. The molecule has 154 valence electrons. The highest BCUT2D eigenvalue weighted by Gasteiger charge is 2.24. The van der Waals surface area contributed by atoms with Crippen LogP contribution < -0.4 is 10.9 Å². The average Bonchev–Trinajstić information content (AvgIpc) is 2.66. The second-order valence-corrected chi connectivity index (χ2v) is 8.53. The summed E-state index contributed by atoms with van der Waals surface area (Å²) in [5.41, 5.74) is 0.955. The Morgan fingerprint density at radius 3 is 2.55 bits per heavy atom. The molecule has 0 unspecified atom stereocenters. The SMILES string of the molecule is CC(C)(C)NC(=O)OC1CCN(CCn2c(=O)ccc3ccc(C#N)cc32)CC1. The summed E-state index contributed by atoms with van der Waals surface area (Å²) in [5, 5.41) is 12.9. The van der Waals surface area contributed by atoms with E-state index in [2.05, 4.69) is 16.3 Å². The Balaban J connectivity index is 1.57. The number of hydrogen-bond donors (Lipinski definition) is 1. The van der Waals surface area contributed by atoms with Crippen molar-refractivity contribution in [2.24, 2.45) is 0 Å². The van der Waals surface area contributed by atoms with E-state index in [1.54, 1.807) is 28.8 Å². The third-order valence-corrected chi connectivity index (χ3v) is 5.05. The number of fused-ring (bicyclic) bond motifs is 1. The van der Waals surface area contributed by atoms with Crippen LogP contribution in [-0.4, -0.2) is 46.8 Å². The number of nitrogens with zero attached hydrogens (tertiary/aromatic N) is 3. The van der Waals surface area contributed by atoms with Crippen LogP contribution in [0.15, 0.2) is 35.1 Å². The highest BCUT2D eigenvalue weighted by atomic mass is 16.6. The van der Waals surface area contributed by atoms with Gasteiger partial charge in [0.25, 0.3) is 5.56 Å². The molecular formula is C22H28N4O3. The number of ether oxygens (including phenoxy) is 1. The summed E-state index contributed by atoms with van der Waals surface area (Å²) in [6, 6.07) is 10.9. The van der Waals surface area contributed by atoms with E-state index in [9.17, 15) is 9.59 Å². The van der Waals surface area contributed by atoms with Crippen molar-refractivity contribution in [1.29, 1.82) is 5.26 Å². The number of likely N-dealkylation sites (tertiary alicyclic amines) is 1. The molecule has 1 aromatic heterocycles.